The molecule has 0 aromatic heterocycles. The van der Waals surface area contributed by atoms with Crippen LogP contribution in [0.3, 0.4) is 0 Å². The third kappa shape index (κ3) is 3.80. The van der Waals surface area contributed by atoms with E-state index >= 15 is 0 Å². The van der Waals surface area contributed by atoms with Crippen molar-refractivity contribution >= 4 is 5.97 Å². The maximum Gasteiger partial charge on any atom is 0.310 e. The number of benzene rings is 1. The van der Waals surface area contributed by atoms with Crippen LogP contribution < -0.4 is 0 Å². The van der Waals surface area contributed by atoms with Gasteiger partial charge in [-0.2, -0.15) is 0 Å². The Hall–Kier alpha value is -1.46. The molecule has 5 heteroatoms. The summed E-state index contributed by atoms with van der Waals surface area (Å²) in [6.07, 6.45) is 0.885. The number of hydrogen-bond donors (Lipinski definition) is 1. The van der Waals surface area contributed by atoms with Gasteiger partial charge in [0.15, 0.2) is 0 Å². The Morgan fingerprint density at radius 2 is 2.24 bits per heavy atom. The molecule has 2 rings (SSSR count). The van der Waals surface area contributed by atoms with E-state index in [1.54, 1.807) is 6.07 Å². The summed E-state index contributed by atoms with van der Waals surface area (Å²) in [5.74, 6) is -1.62. The molecule has 1 heterocycles. The van der Waals surface area contributed by atoms with Gasteiger partial charge in [-0.3, -0.25) is 9.69 Å². The molecule has 0 amide bonds. The Labute approximate surface area is 124 Å². The van der Waals surface area contributed by atoms with Crippen LogP contribution in [0.4, 0.5) is 4.39 Å². The van der Waals surface area contributed by atoms with Crippen LogP contribution in [-0.4, -0.2) is 41.8 Å². The zero-order valence-electron chi connectivity index (χ0n) is 12.5. The Morgan fingerprint density at radius 3 is 2.90 bits per heavy atom. The summed E-state index contributed by atoms with van der Waals surface area (Å²) in [4.78, 5) is 13.3. The Morgan fingerprint density at radius 1 is 1.48 bits per heavy atom. The van der Waals surface area contributed by atoms with Crippen LogP contribution in [0.2, 0.25) is 0 Å². The average Bonchev–Trinajstić information content (AvgIpc) is 2.91. The van der Waals surface area contributed by atoms with Crippen molar-refractivity contribution in [2.75, 3.05) is 19.8 Å². The molecular weight excluding hydrogens is 273 g/mol. The number of aliphatic carboxylic acids is 1. The van der Waals surface area contributed by atoms with E-state index in [9.17, 15) is 14.3 Å². The lowest BCUT2D eigenvalue weighted by Crippen LogP contribution is -2.43. The number of ether oxygens (including phenoxy) is 1. The summed E-state index contributed by atoms with van der Waals surface area (Å²) in [5.41, 5.74) is 1.61. The van der Waals surface area contributed by atoms with E-state index in [2.05, 4.69) is 0 Å². The normalized spacial score (nSPS) is 21.9. The third-order valence-corrected chi connectivity index (χ3v) is 3.92. The number of nitrogens with zero attached hydrogens (tertiary/aromatic N) is 1. The molecule has 2 atom stereocenters. The zero-order valence-corrected chi connectivity index (χ0v) is 12.5. The fourth-order valence-electron chi connectivity index (χ4n) is 2.83. The van der Waals surface area contributed by atoms with Crippen LogP contribution in [-0.2, 0) is 16.1 Å². The first-order valence-electron chi connectivity index (χ1n) is 7.32. The second-order valence-corrected chi connectivity index (χ2v) is 5.61. The monoisotopic (exact) mass is 295 g/mol. The highest BCUT2D eigenvalue weighted by Crippen LogP contribution is 2.23. The summed E-state index contributed by atoms with van der Waals surface area (Å²) in [7, 11) is 0. The van der Waals surface area contributed by atoms with Crippen molar-refractivity contribution in [2.45, 2.75) is 32.9 Å². The average molecular weight is 295 g/mol. The molecule has 1 N–H and O–H groups in total. The maximum atomic E-state index is 13.9. The molecule has 1 aromatic carbocycles. The van der Waals surface area contributed by atoms with Gasteiger partial charge in [0, 0.05) is 18.2 Å². The van der Waals surface area contributed by atoms with E-state index in [-0.39, 0.29) is 18.5 Å². The number of rotatable bonds is 6. The van der Waals surface area contributed by atoms with E-state index < -0.39 is 11.9 Å². The van der Waals surface area contributed by atoms with Gasteiger partial charge >= 0.3 is 5.97 Å². The first kappa shape index (κ1) is 15.9. The molecule has 0 radical (unpaired) electrons. The third-order valence-electron chi connectivity index (χ3n) is 3.92. The lowest BCUT2D eigenvalue weighted by molar-refractivity contribution is -0.143. The number of carbonyl (C=O) groups is 1. The predicted octanol–water partition coefficient (Wildman–Crippen LogP) is 2.45. The van der Waals surface area contributed by atoms with Crippen molar-refractivity contribution in [2.24, 2.45) is 5.92 Å². The van der Waals surface area contributed by atoms with E-state index in [1.165, 1.54) is 6.07 Å². The summed E-state index contributed by atoms with van der Waals surface area (Å²) in [6.45, 7) is 5.72. The zero-order chi connectivity index (χ0) is 15.4. The van der Waals surface area contributed by atoms with Gasteiger partial charge in [-0.1, -0.05) is 24.6 Å². The summed E-state index contributed by atoms with van der Waals surface area (Å²) >= 11 is 0. The maximum absolute atomic E-state index is 13.9. The van der Waals surface area contributed by atoms with E-state index in [1.807, 2.05) is 24.8 Å². The topological polar surface area (TPSA) is 49.8 Å². The SMILES string of the molecule is CCCN(Cc1cc(C)ccc1F)C1COCC1C(=O)O. The van der Waals surface area contributed by atoms with Gasteiger partial charge in [-0.15, -0.1) is 0 Å². The molecule has 21 heavy (non-hydrogen) atoms. The van der Waals surface area contributed by atoms with Gasteiger partial charge in [-0.25, -0.2) is 4.39 Å². The fourth-order valence-corrected chi connectivity index (χ4v) is 2.83. The Kier molecular flexibility index (Phi) is 5.31. The highest BCUT2D eigenvalue weighted by atomic mass is 19.1. The Bertz CT molecular complexity index is 506. The van der Waals surface area contributed by atoms with Gasteiger partial charge in [0.05, 0.1) is 19.1 Å². The van der Waals surface area contributed by atoms with E-state index in [0.717, 1.165) is 18.5 Å². The molecule has 0 aliphatic carbocycles. The quantitative estimate of drug-likeness (QED) is 0.876. The van der Waals surface area contributed by atoms with E-state index in [4.69, 9.17) is 4.74 Å². The van der Waals surface area contributed by atoms with Crippen molar-refractivity contribution in [3.8, 4) is 0 Å². The highest BCUT2D eigenvalue weighted by molar-refractivity contribution is 5.71. The number of hydrogen-bond acceptors (Lipinski definition) is 3. The van der Waals surface area contributed by atoms with Gasteiger partial charge < -0.3 is 9.84 Å². The predicted molar refractivity (Wildman–Crippen MR) is 77.6 cm³/mol. The lowest BCUT2D eigenvalue weighted by atomic mass is 10.0. The second-order valence-electron chi connectivity index (χ2n) is 5.61. The van der Waals surface area contributed by atoms with Crippen LogP contribution in [0.25, 0.3) is 0 Å². The van der Waals surface area contributed by atoms with Crippen molar-refractivity contribution in [3.63, 3.8) is 0 Å². The Balaban J connectivity index is 2.18. The van der Waals surface area contributed by atoms with Crippen molar-refractivity contribution in [3.05, 3.63) is 35.1 Å². The molecule has 0 saturated carbocycles. The molecular formula is C16H22FNO3. The smallest absolute Gasteiger partial charge is 0.310 e. The number of carboxylic acids is 1. The molecule has 116 valence electrons. The minimum atomic E-state index is -0.844. The minimum Gasteiger partial charge on any atom is -0.481 e. The van der Waals surface area contributed by atoms with Gasteiger partial charge in [0.25, 0.3) is 0 Å². The number of halogens is 1. The van der Waals surface area contributed by atoms with Crippen LogP contribution >= 0.6 is 0 Å². The molecule has 1 fully saturated rings. The van der Waals surface area contributed by atoms with Crippen molar-refractivity contribution < 1.29 is 19.0 Å². The molecule has 1 aliphatic heterocycles. The first-order chi connectivity index (χ1) is 10.0. The highest BCUT2D eigenvalue weighted by Gasteiger charge is 2.37. The number of carboxylic acid groups (broad SMARTS) is 1. The standard InChI is InChI=1S/C16H22FNO3/c1-3-6-18(15-10-21-9-13(15)16(19)20)8-12-7-11(2)4-5-14(12)17/h4-5,7,13,15H,3,6,8-10H2,1-2H3,(H,19,20). The van der Waals surface area contributed by atoms with Crippen LogP contribution in [0, 0.1) is 18.7 Å². The molecule has 2 unspecified atom stereocenters. The lowest BCUT2D eigenvalue weighted by Gasteiger charge is -2.30. The molecule has 0 bridgehead atoms. The molecule has 1 saturated heterocycles. The molecule has 4 nitrogen and oxygen atoms in total. The van der Waals surface area contributed by atoms with Gasteiger partial charge in [0.1, 0.15) is 5.82 Å². The molecule has 1 aromatic rings. The van der Waals surface area contributed by atoms with Crippen LogP contribution in [0.5, 0.6) is 0 Å². The van der Waals surface area contributed by atoms with Crippen molar-refractivity contribution in [1.82, 2.24) is 4.90 Å². The summed E-state index contributed by atoms with van der Waals surface area (Å²) in [5, 5.41) is 9.28. The summed E-state index contributed by atoms with van der Waals surface area (Å²) in [6, 6.07) is 4.84. The molecule has 0 spiro atoms. The minimum absolute atomic E-state index is 0.192. The summed E-state index contributed by atoms with van der Waals surface area (Å²) < 4.78 is 19.3. The second kappa shape index (κ2) is 7.00. The van der Waals surface area contributed by atoms with Crippen molar-refractivity contribution in [1.29, 1.82) is 0 Å². The fraction of sp³-hybridized carbons (Fsp3) is 0.562. The number of aryl methyl sites for hydroxylation is 1. The molecule has 1 aliphatic rings. The van der Waals surface area contributed by atoms with Gasteiger partial charge in [-0.05, 0) is 26.0 Å². The van der Waals surface area contributed by atoms with Gasteiger partial charge in [0.2, 0.25) is 0 Å². The van der Waals surface area contributed by atoms with E-state index in [0.29, 0.717) is 18.7 Å². The first-order valence-corrected chi connectivity index (χ1v) is 7.32. The van der Waals surface area contributed by atoms with Crippen LogP contribution in [0.1, 0.15) is 24.5 Å². The van der Waals surface area contributed by atoms with Crippen LogP contribution in [0.15, 0.2) is 18.2 Å². The largest absolute Gasteiger partial charge is 0.481 e.